The fourth-order valence-electron chi connectivity index (χ4n) is 11.9. The highest BCUT2D eigenvalue weighted by Crippen LogP contribution is 2.75. The summed E-state index contributed by atoms with van der Waals surface area (Å²) in [4.78, 5) is 0. The standard InChI is InChI=1S/C38H56Si2/c1-23-17-29-31(19-25(23)3)35-37(33(29)21-27-13-9-10-14-27)40(7,8)36-32-20-26(4)24(2)18-30(32)34(38(36)39(35,5)6)22-28-15-11-12-16-28/h17-20,27-28,33-38H,9-16,21-22H2,1-8H3. The molecule has 1 heterocycles. The molecule has 6 unspecified atom stereocenters. The predicted octanol–water partition coefficient (Wildman–Crippen LogP) is 11.4. The van der Waals surface area contributed by atoms with Crippen molar-refractivity contribution in [1.82, 2.24) is 0 Å². The molecule has 0 radical (unpaired) electrons. The molecule has 2 aromatic carbocycles. The Labute approximate surface area is 248 Å². The summed E-state index contributed by atoms with van der Waals surface area (Å²) in [6.45, 7) is 21.2. The van der Waals surface area contributed by atoms with Crippen molar-refractivity contribution in [2.24, 2.45) is 11.8 Å². The van der Waals surface area contributed by atoms with E-state index in [1.54, 1.807) is 22.3 Å². The quantitative estimate of drug-likeness (QED) is 0.322. The molecule has 6 atom stereocenters. The Kier molecular flexibility index (Phi) is 6.71. The molecular formula is C38H56Si2. The lowest BCUT2D eigenvalue weighted by Gasteiger charge is -2.58. The molecule has 5 aliphatic rings. The van der Waals surface area contributed by atoms with Gasteiger partial charge in [-0.15, -0.1) is 0 Å². The number of benzene rings is 2. The molecule has 3 fully saturated rings. The van der Waals surface area contributed by atoms with Gasteiger partial charge in [0.15, 0.2) is 0 Å². The van der Waals surface area contributed by atoms with Gasteiger partial charge in [0.05, 0.1) is 16.1 Å². The van der Waals surface area contributed by atoms with Gasteiger partial charge in [-0.05, 0) is 131 Å². The topological polar surface area (TPSA) is 0 Å². The van der Waals surface area contributed by atoms with Crippen LogP contribution in [-0.2, 0) is 0 Å². The second kappa shape index (κ2) is 9.70. The zero-order chi connectivity index (χ0) is 28.1. The van der Waals surface area contributed by atoms with E-state index < -0.39 is 16.1 Å². The first kappa shape index (κ1) is 27.7. The van der Waals surface area contributed by atoms with Crippen molar-refractivity contribution in [2.45, 2.75) is 152 Å². The molecule has 0 N–H and O–H groups in total. The molecule has 40 heavy (non-hydrogen) atoms. The van der Waals surface area contributed by atoms with Crippen LogP contribution in [0, 0.1) is 39.5 Å². The Balaban J connectivity index is 1.41. The third kappa shape index (κ3) is 4.00. The van der Waals surface area contributed by atoms with E-state index in [4.69, 9.17) is 0 Å². The molecule has 1 aliphatic heterocycles. The Hall–Kier alpha value is -1.13. The highest BCUT2D eigenvalue weighted by molar-refractivity contribution is 6.91. The minimum atomic E-state index is -1.66. The number of aryl methyl sites for hydroxylation is 4. The highest BCUT2D eigenvalue weighted by Gasteiger charge is 2.68. The summed E-state index contributed by atoms with van der Waals surface area (Å²) >= 11 is 0. The van der Waals surface area contributed by atoms with Crippen LogP contribution in [0.2, 0.25) is 37.3 Å². The second-order valence-electron chi connectivity index (χ2n) is 16.8. The summed E-state index contributed by atoms with van der Waals surface area (Å²) in [5.41, 5.74) is 17.2. The van der Waals surface area contributed by atoms with Crippen LogP contribution in [-0.4, -0.2) is 16.1 Å². The van der Waals surface area contributed by atoms with Crippen molar-refractivity contribution in [2.75, 3.05) is 0 Å². The van der Waals surface area contributed by atoms with Gasteiger partial charge in [-0.1, -0.05) is 102 Å². The van der Waals surface area contributed by atoms with Crippen molar-refractivity contribution in [1.29, 1.82) is 0 Å². The Morgan fingerprint density at radius 2 is 0.800 bits per heavy atom. The Bertz CT molecular complexity index is 1200. The lowest BCUT2D eigenvalue weighted by atomic mass is 9.87. The third-order valence-corrected chi connectivity index (χ3v) is 24.0. The van der Waals surface area contributed by atoms with E-state index in [1.165, 1.54) is 64.2 Å². The van der Waals surface area contributed by atoms with Crippen LogP contribution in [0.1, 0.15) is 132 Å². The van der Waals surface area contributed by atoms with Crippen LogP contribution >= 0.6 is 0 Å². The predicted molar refractivity (Wildman–Crippen MR) is 178 cm³/mol. The SMILES string of the molecule is Cc1cc2c(cc1C)C1C(C2CC2CCCC2)[Si](C)(C)C2c3cc(C)c(C)cc3C(CC3CCCC3)C2[Si]1(C)C. The van der Waals surface area contributed by atoms with Crippen molar-refractivity contribution in [3.63, 3.8) is 0 Å². The molecule has 2 aromatic rings. The molecule has 2 heteroatoms. The van der Waals surface area contributed by atoms with E-state index in [-0.39, 0.29) is 0 Å². The molecule has 7 rings (SSSR count). The van der Waals surface area contributed by atoms with Crippen molar-refractivity contribution >= 4 is 16.1 Å². The minimum absolute atomic E-state index is 0.820. The van der Waals surface area contributed by atoms with E-state index in [0.717, 1.165) is 45.8 Å². The van der Waals surface area contributed by atoms with Crippen molar-refractivity contribution in [3.05, 3.63) is 68.8 Å². The van der Waals surface area contributed by atoms with Gasteiger partial charge in [0.25, 0.3) is 0 Å². The van der Waals surface area contributed by atoms with Gasteiger partial charge >= 0.3 is 0 Å². The molecule has 0 nitrogen and oxygen atoms in total. The minimum Gasteiger partial charge on any atom is -0.0687 e. The van der Waals surface area contributed by atoms with Gasteiger partial charge < -0.3 is 0 Å². The largest absolute Gasteiger partial charge is 0.0687 e. The van der Waals surface area contributed by atoms with Crippen LogP contribution < -0.4 is 0 Å². The first-order valence-corrected chi connectivity index (χ1v) is 23.5. The third-order valence-electron chi connectivity index (χ3n) is 13.9. The fourth-order valence-corrected chi connectivity index (χ4v) is 27.1. The first-order chi connectivity index (χ1) is 19.0. The molecule has 216 valence electrons. The van der Waals surface area contributed by atoms with E-state index in [0.29, 0.717) is 0 Å². The lowest BCUT2D eigenvalue weighted by molar-refractivity contribution is 0.411. The molecular weight excluding hydrogens is 513 g/mol. The van der Waals surface area contributed by atoms with Crippen molar-refractivity contribution in [3.8, 4) is 0 Å². The lowest BCUT2D eigenvalue weighted by Crippen LogP contribution is -2.59. The molecule has 0 amide bonds. The molecule has 0 bridgehead atoms. The van der Waals surface area contributed by atoms with E-state index in [9.17, 15) is 0 Å². The van der Waals surface area contributed by atoms with Gasteiger partial charge in [-0.3, -0.25) is 0 Å². The van der Waals surface area contributed by atoms with Gasteiger partial charge in [0.1, 0.15) is 0 Å². The summed E-state index contributed by atoms with van der Waals surface area (Å²) in [6, 6.07) is 10.9. The maximum absolute atomic E-state index is 2.90. The summed E-state index contributed by atoms with van der Waals surface area (Å²) in [6.07, 6.45) is 14.9. The van der Waals surface area contributed by atoms with E-state index in [2.05, 4.69) is 78.1 Å². The normalized spacial score (nSPS) is 34.1. The second-order valence-corrected chi connectivity index (χ2v) is 26.6. The summed E-state index contributed by atoms with van der Waals surface area (Å²) in [7, 11) is -3.32. The monoisotopic (exact) mass is 568 g/mol. The Morgan fingerprint density at radius 1 is 0.500 bits per heavy atom. The maximum Gasteiger partial charge on any atom is 0.0592 e. The van der Waals surface area contributed by atoms with E-state index >= 15 is 0 Å². The zero-order valence-electron chi connectivity index (χ0n) is 27.0. The number of hydrogen-bond donors (Lipinski definition) is 0. The zero-order valence-corrected chi connectivity index (χ0v) is 29.0. The number of fused-ring (bicyclic) bond motifs is 6. The van der Waals surface area contributed by atoms with Crippen LogP contribution in [0.5, 0.6) is 0 Å². The number of rotatable bonds is 4. The fraction of sp³-hybridized carbons (Fsp3) is 0.684. The molecule has 0 aromatic heterocycles. The molecule has 0 spiro atoms. The van der Waals surface area contributed by atoms with Crippen LogP contribution in [0.4, 0.5) is 0 Å². The smallest absolute Gasteiger partial charge is 0.0592 e. The molecule has 2 saturated carbocycles. The molecule has 1 saturated heterocycles. The average Bonchev–Trinajstić information content (AvgIpc) is 3.68. The van der Waals surface area contributed by atoms with E-state index in [1.807, 2.05) is 22.3 Å². The van der Waals surface area contributed by atoms with Gasteiger partial charge in [-0.25, -0.2) is 0 Å². The average molecular weight is 569 g/mol. The summed E-state index contributed by atoms with van der Waals surface area (Å²) in [5, 5.41) is 0. The van der Waals surface area contributed by atoms with Gasteiger partial charge in [0.2, 0.25) is 0 Å². The van der Waals surface area contributed by atoms with Gasteiger partial charge in [0, 0.05) is 0 Å². The van der Waals surface area contributed by atoms with Crippen LogP contribution in [0.25, 0.3) is 0 Å². The molecule has 4 aliphatic carbocycles. The summed E-state index contributed by atoms with van der Waals surface area (Å²) < 4.78 is 0. The number of hydrogen-bond acceptors (Lipinski definition) is 0. The summed E-state index contributed by atoms with van der Waals surface area (Å²) in [5.74, 6) is 3.59. The highest BCUT2D eigenvalue weighted by atomic mass is 28.3. The van der Waals surface area contributed by atoms with Crippen LogP contribution in [0.15, 0.2) is 24.3 Å². The van der Waals surface area contributed by atoms with Crippen molar-refractivity contribution < 1.29 is 0 Å². The van der Waals surface area contributed by atoms with Crippen LogP contribution in [0.3, 0.4) is 0 Å². The maximum atomic E-state index is 2.90. The Morgan fingerprint density at radius 3 is 1.12 bits per heavy atom. The first-order valence-electron chi connectivity index (χ1n) is 17.2. The van der Waals surface area contributed by atoms with Gasteiger partial charge in [-0.2, -0.15) is 0 Å².